The molecular weight excluding hydrogens is 474 g/mol. The summed E-state index contributed by atoms with van der Waals surface area (Å²) in [6.45, 7) is 0. The van der Waals surface area contributed by atoms with Gasteiger partial charge in [0, 0.05) is 5.92 Å². The highest BCUT2D eigenvalue weighted by Gasteiger charge is 2.43. The molecule has 3 aromatic rings. The first kappa shape index (κ1) is 23.8. The lowest BCUT2D eigenvalue weighted by atomic mass is 9.77. The topological polar surface area (TPSA) is 76.3 Å². The monoisotopic (exact) mass is 501 g/mol. The van der Waals surface area contributed by atoms with Crippen molar-refractivity contribution in [2.24, 2.45) is 11.0 Å². The number of carbonyl (C=O) groups is 1. The summed E-state index contributed by atoms with van der Waals surface area (Å²) < 4.78 is 15.9. The maximum atomic E-state index is 12.7. The molecule has 1 saturated carbocycles. The van der Waals surface area contributed by atoms with Gasteiger partial charge < -0.3 is 13.9 Å². The first-order chi connectivity index (χ1) is 17.6. The van der Waals surface area contributed by atoms with E-state index in [-0.39, 0.29) is 22.8 Å². The minimum absolute atomic E-state index is 0.134. The van der Waals surface area contributed by atoms with Gasteiger partial charge in [0.2, 0.25) is 0 Å². The molecule has 0 unspecified atom stereocenters. The Hall–Kier alpha value is -3.91. The standard InChI is InChI=1S/C28H27N3O4S/c1-33-21-12-8-18(9-13-21)17-20-5-3-6-23-25(20)30-31(26(23)19-10-14-22(34-2)15-11-19)28(36)29-27(32)24-7-4-16-35-24/h4,7-17,23,26H,3,5-6H2,1-2H3,(H,29,32,36)/b20-17-/t23-,26-/m0/s1. The molecule has 8 heteroatoms. The normalized spacial score (nSPS) is 20.0. The number of furan rings is 1. The lowest BCUT2D eigenvalue weighted by Crippen LogP contribution is -2.41. The summed E-state index contributed by atoms with van der Waals surface area (Å²) in [6.07, 6.45) is 6.58. The Balaban J connectivity index is 1.49. The molecule has 36 heavy (non-hydrogen) atoms. The molecule has 0 radical (unpaired) electrons. The molecule has 2 atom stereocenters. The number of rotatable bonds is 5. The van der Waals surface area contributed by atoms with E-state index in [4.69, 9.17) is 31.2 Å². The second-order valence-electron chi connectivity index (χ2n) is 8.73. The largest absolute Gasteiger partial charge is 0.497 e. The smallest absolute Gasteiger partial charge is 0.293 e. The third kappa shape index (κ3) is 4.77. The van der Waals surface area contributed by atoms with Crippen molar-refractivity contribution >= 4 is 35.0 Å². The number of carbonyl (C=O) groups excluding carboxylic acids is 1. The fourth-order valence-corrected chi connectivity index (χ4v) is 5.07. The predicted molar refractivity (Wildman–Crippen MR) is 142 cm³/mol. The van der Waals surface area contributed by atoms with Gasteiger partial charge in [0.25, 0.3) is 5.91 Å². The van der Waals surface area contributed by atoms with Crippen molar-refractivity contribution in [2.75, 3.05) is 14.2 Å². The van der Waals surface area contributed by atoms with E-state index in [2.05, 4.69) is 11.4 Å². The molecule has 1 fully saturated rings. The van der Waals surface area contributed by atoms with Crippen LogP contribution in [0.25, 0.3) is 6.08 Å². The number of nitrogens with zero attached hydrogens (tertiary/aromatic N) is 2. The third-order valence-corrected chi connectivity index (χ3v) is 6.88. The van der Waals surface area contributed by atoms with Crippen LogP contribution >= 0.6 is 12.2 Å². The van der Waals surface area contributed by atoms with Crippen molar-refractivity contribution in [3.63, 3.8) is 0 Å². The van der Waals surface area contributed by atoms with E-state index in [1.165, 1.54) is 11.8 Å². The van der Waals surface area contributed by atoms with Gasteiger partial charge in [-0.1, -0.05) is 24.3 Å². The van der Waals surface area contributed by atoms with Crippen molar-refractivity contribution < 1.29 is 18.7 Å². The van der Waals surface area contributed by atoms with Crippen LogP contribution in [0.4, 0.5) is 0 Å². The number of ether oxygens (including phenoxy) is 2. The Kier molecular flexibility index (Phi) is 6.86. The Labute approximate surface area is 215 Å². The summed E-state index contributed by atoms with van der Waals surface area (Å²) in [5.41, 5.74) is 4.33. The molecule has 0 spiro atoms. The zero-order chi connectivity index (χ0) is 25.1. The molecular formula is C28H27N3O4S. The molecule has 1 aliphatic carbocycles. The summed E-state index contributed by atoms with van der Waals surface area (Å²) in [7, 11) is 3.31. The summed E-state index contributed by atoms with van der Waals surface area (Å²) in [5.74, 6) is 1.53. The predicted octanol–water partition coefficient (Wildman–Crippen LogP) is 5.61. The van der Waals surface area contributed by atoms with E-state index >= 15 is 0 Å². The first-order valence-electron chi connectivity index (χ1n) is 11.8. The van der Waals surface area contributed by atoms with Gasteiger partial charge in [-0.05, 0) is 90.7 Å². The van der Waals surface area contributed by atoms with E-state index in [0.717, 1.165) is 47.6 Å². The van der Waals surface area contributed by atoms with Crippen molar-refractivity contribution in [3.8, 4) is 11.5 Å². The molecule has 184 valence electrons. The Morgan fingerprint density at radius 1 is 1.08 bits per heavy atom. The minimum atomic E-state index is -0.400. The molecule has 1 aliphatic heterocycles. The van der Waals surface area contributed by atoms with Crippen molar-refractivity contribution in [2.45, 2.75) is 25.3 Å². The van der Waals surface area contributed by atoms with Crippen LogP contribution in [0.5, 0.6) is 11.5 Å². The maximum absolute atomic E-state index is 12.7. The second-order valence-corrected chi connectivity index (χ2v) is 9.11. The lowest BCUT2D eigenvalue weighted by Gasteiger charge is -2.30. The minimum Gasteiger partial charge on any atom is -0.497 e. The third-order valence-electron chi connectivity index (χ3n) is 6.59. The fourth-order valence-electron chi connectivity index (χ4n) is 4.83. The van der Waals surface area contributed by atoms with Gasteiger partial charge in [0.15, 0.2) is 10.9 Å². The van der Waals surface area contributed by atoms with Gasteiger partial charge in [-0.3, -0.25) is 10.1 Å². The molecule has 0 saturated heterocycles. The number of methoxy groups -OCH3 is 2. The number of hydrazone groups is 1. The lowest BCUT2D eigenvalue weighted by molar-refractivity contribution is 0.0944. The van der Waals surface area contributed by atoms with E-state index in [0.29, 0.717) is 0 Å². The van der Waals surface area contributed by atoms with Crippen LogP contribution in [0.3, 0.4) is 0 Å². The number of allylic oxidation sites excluding steroid dienone is 1. The highest BCUT2D eigenvalue weighted by Crippen LogP contribution is 2.44. The zero-order valence-corrected chi connectivity index (χ0v) is 21.0. The van der Waals surface area contributed by atoms with E-state index in [1.807, 2.05) is 48.5 Å². The number of nitrogens with one attached hydrogen (secondary N) is 1. The summed E-state index contributed by atoms with van der Waals surface area (Å²) in [6, 6.07) is 19.1. The van der Waals surface area contributed by atoms with Gasteiger partial charge in [-0.2, -0.15) is 5.10 Å². The van der Waals surface area contributed by atoms with Crippen molar-refractivity contribution in [1.29, 1.82) is 0 Å². The molecule has 2 aromatic carbocycles. The maximum Gasteiger partial charge on any atom is 0.293 e. The van der Waals surface area contributed by atoms with Crippen molar-refractivity contribution in [3.05, 3.63) is 89.4 Å². The van der Waals surface area contributed by atoms with E-state index in [1.54, 1.807) is 31.4 Å². The van der Waals surface area contributed by atoms with Crippen LogP contribution in [-0.2, 0) is 0 Å². The number of amides is 1. The number of hydrogen-bond donors (Lipinski definition) is 1. The molecule has 1 N–H and O–H groups in total. The number of hydrogen-bond acceptors (Lipinski definition) is 6. The molecule has 2 aliphatic rings. The molecule has 0 bridgehead atoms. The SMILES string of the molecule is COc1ccc(/C=C2/CCC[C@H]3C2=NN(C(=S)NC(=O)c2ccco2)[C@H]3c2ccc(OC)cc2)cc1. The van der Waals surface area contributed by atoms with Gasteiger partial charge in [0.1, 0.15) is 11.5 Å². The number of fused-ring (bicyclic) bond motifs is 1. The summed E-state index contributed by atoms with van der Waals surface area (Å²) >= 11 is 5.70. The van der Waals surface area contributed by atoms with Gasteiger partial charge in [-0.25, -0.2) is 5.01 Å². The average molecular weight is 502 g/mol. The van der Waals surface area contributed by atoms with Crippen LogP contribution in [0.2, 0.25) is 0 Å². The van der Waals surface area contributed by atoms with E-state index in [9.17, 15) is 4.79 Å². The molecule has 1 aromatic heterocycles. The van der Waals surface area contributed by atoms with Crippen LogP contribution in [-0.4, -0.2) is 36.0 Å². The first-order valence-corrected chi connectivity index (χ1v) is 12.2. The van der Waals surface area contributed by atoms with E-state index < -0.39 is 5.91 Å². The van der Waals surface area contributed by atoms with Crippen LogP contribution in [0.15, 0.2) is 82.0 Å². The van der Waals surface area contributed by atoms with Crippen molar-refractivity contribution in [1.82, 2.24) is 10.3 Å². The highest BCUT2D eigenvalue weighted by molar-refractivity contribution is 7.80. The van der Waals surface area contributed by atoms with Gasteiger partial charge in [0.05, 0.1) is 32.2 Å². The molecule has 7 nitrogen and oxygen atoms in total. The average Bonchev–Trinajstić information content (AvgIpc) is 3.58. The van der Waals surface area contributed by atoms with Crippen LogP contribution < -0.4 is 14.8 Å². The Morgan fingerprint density at radius 2 is 1.78 bits per heavy atom. The molecule has 2 heterocycles. The fraction of sp³-hybridized carbons (Fsp3) is 0.250. The highest BCUT2D eigenvalue weighted by atomic mass is 32.1. The number of benzene rings is 2. The quantitative estimate of drug-likeness (QED) is 0.458. The van der Waals surface area contributed by atoms with Crippen LogP contribution in [0.1, 0.15) is 47.0 Å². The molecule has 5 rings (SSSR count). The van der Waals surface area contributed by atoms with Gasteiger partial charge in [-0.15, -0.1) is 0 Å². The summed E-state index contributed by atoms with van der Waals surface area (Å²) in [4.78, 5) is 12.7. The molecule has 1 amide bonds. The van der Waals surface area contributed by atoms with Crippen LogP contribution in [0, 0.1) is 5.92 Å². The zero-order valence-electron chi connectivity index (χ0n) is 20.1. The number of thiocarbonyl (C=S) groups is 1. The summed E-state index contributed by atoms with van der Waals surface area (Å²) in [5, 5.41) is 9.80. The Morgan fingerprint density at radius 3 is 2.42 bits per heavy atom. The Bertz CT molecular complexity index is 1300. The van der Waals surface area contributed by atoms with Gasteiger partial charge >= 0.3 is 0 Å². The second kappa shape index (κ2) is 10.4.